The van der Waals surface area contributed by atoms with Gasteiger partial charge in [0, 0.05) is 0 Å². The summed E-state index contributed by atoms with van der Waals surface area (Å²) in [5.41, 5.74) is -0.151. The van der Waals surface area contributed by atoms with Crippen molar-refractivity contribution < 1.29 is 10.0 Å². The van der Waals surface area contributed by atoms with E-state index in [2.05, 4.69) is 63.7 Å². The molecule has 4 nitrogen and oxygen atoms in total. The molecular formula is C6HBr4NO3. The molecule has 0 saturated carbocycles. The van der Waals surface area contributed by atoms with Gasteiger partial charge in [-0.3, -0.25) is 10.1 Å². The van der Waals surface area contributed by atoms with Gasteiger partial charge in [-0.15, -0.1) is 0 Å². The van der Waals surface area contributed by atoms with Crippen molar-refractivity contribution in [1.82, 2.24) is 0 Å². The maximum atomic E-state index is 10.7. The molecule has 8 heteroatoms. The number of phenolic OH excluding ortho intramolecular Hbond substituents is 1. The van der Waals surface area contributed by atoms with Gasteiger partial charge in [0.2, 0.25) is 0 Å². The van der Waals surface area contributed by atoms with Crippen LogP contribution in [0.15, 0.2) is 17.9 Å². The van der Waals surface area contributed by atoms with Crippen molar-refractivity contribution in [2.24, 2.45) is 0 Å². The number of rotatable bonds is 1. The number of phenols is 1. The number of nitro benzene ring substituents is 1. The highest BCUT2D eigenvalue weighted by Gasteiger charge is 2.26. The third kappa shape index (κ3) is 1.98. The van der Waals surface area contributed by atoms with Crippen molar-refractivity contribution in [3.8, 4) is 5.75 Å². The van der Waals surface area contributed by atoms with Crippen LogP contribution in [0, 0.1) is 10.1 Å². The van der Waals surface area contributed by atoms with E-state index in [0.29, 0.717) is 0 Å². The van der Waals surface area contributed by atoms with E-state index in [-0.39, 0.29) is 29.3 Å². The third-order valence-electron chi connectivity index (χ3n) is 1.40. The van der Waals surface area contributed by atoms with Crippen molar-refractivity contribution in [2.45, 2.75) is 0 Å². The summed E-state index contributed by atoms with van der Waals surface area (Å²) < 4.78 is 0.851. The van der Waals surface area contributed by atoms with E-state index in [1.54, 1.807) is 0 Å². The molecule has 1 rings (SSSR count). The van der Waals surface area contributed by atoms with Crippen LogP contribution in [0.4, 0.5) is 5.69 Å². The van der Waals surface area contributed by atoms with E-state index in [9.17, 15) is 15.2 Å². The Bertz CT molecular complexity index is 391. The normalized spacial score (nSPS) is 10.3. The SMILES string of the molecule is O=[N+]([O-])c1c(Br)c(Br)c(O)c(Br)c1Br. The summed E-state index contributed by atoms with van der Waals surface area (Å²) in [4.78, 5) is 10.1. The van der Waals surface area contributed by atoms with Gasteiger partial charge in [0.05, 0.1) is 13.9 Å². The van der Waals surface area contributed by atoms with E-state index >= 15 is 0 Å². The van der Waals surface area contributed by atoms with Crippen LogP contribution in [0.3, 0.4) is 0 Å². The molecule has 1 aromatic carbocycles. The molecule has 14 heavy (non-hydrogen) atoms. The van der Waals surface area contributed by atoms with Gasteiger partial charge >= 0.3 is 0 Å². The van der Waals surface area contributed by atoms with Crippen LogP contribution in [0.5, 0.6) is 5.75 Å². The average molecular weight is 455 g/mol. The molecule has 0 amide bonds. The summed E-state index contributed by atoms with van der Waals surface area (Å²) in [7, 11) is 0. The van der Waals surface area contributed by atoms with Crippen molar-refractivity contribution >= 4 is 69.4 Å². The van der Waals surface area contributed by atoms with Gasteiger partial charge < -0.3 is 5.11 Å². The molecular weight excluding hydrogens is 454 g/mol. The molecule has 0 aliphatic rings. The van der Waals surface area contributed by atoms with Gasteiger partial charge in [-0.25, -0.2) is 0 Å². The fraction of sp³-hybridized carbons (Fsp3) is 0. The van der Waals surface area contributed by atoms with Crippen LogP contribution in [0.25, 0.3) is 0 Å². The monoisotopic (exact) mass is 451 g/mol. The average Bonchev–Trinajstić information content (AvgIpc) is 2.11. The van der Waals surface area contributed by atoms with Gasteiger partial charge in [-0.1, -0.05) is 0 Å². The number of hydrogen-bond donors (Lipinski definition) is 1. The largest absolute Gasteiger partial charge is 0.505 e. The minimum absolute atomic E-state index is 0.102. The Morgan fingerprint density at radius 1 is 1.00 bits per heavy atom. The van der Waals surface area contributed by atoms with Gasteiger partial charge in [0.1, 0.15) is 14.7 Å². The molecule has 76 valence electrons. The topological polar surface area (TPSA) is 63.4 Å². The summed E-state index contributed by atoms with van der Waals surface area (Å²) in [6.45, 7) is 0. The second-order valence-corrected chi connectivity index (χ2v) is 5.38. The Kier molecular flexibility index (Phi) is 3.95. The lowest BCUT2D eigenvalue weighted by Crippen LogP contribution is -1.93. The molecule has 0 aliphatic heterocycles. The Labute approximate surface area is 112 Å². The molecule has 0 aliphatic carbocycles. The van der Waals surface area contributed by atoms with E-state index in [4.69, 9.17) is 0 Å². The summed E-state index contributed by atoms with van der Waals surface area (Å²) in [6, 6.07) is 0. The number of nitro groups is 1. The number of halogens is 4. The first kappa shape index (κ1) is 12.4. The summed E-state index contributed by atoms with van der Waals surface area (Å²) in [5, 5.41) is 20.2. The predicted octanol–water partition coefficient (Wildman–Crippen LogP) is 4.35. The Morgan fingerprint density at radius 3 is 1.64 bits per heavy atom. The van der Waals surface area contributed by atoms with Crippen LogP contribution in [-0.2, 0) is 0 Å². The van der Waals surface area contributed by atoms with Gasteiger partial charge in [-0.05, 0) is 63.7 Å². The van der Waals surface area contributed by atoms with E-state index in [0.717, 1.165) is 0 Å². The summed E-state index contributed by atoms with van der Waals surface area (Å²) >= 11 is 12.1. The lowest BCUT2D eigenvalue weighted by molar-refractivity contribution is -0.386. The standard InChI is InChI=1S/C6HBr4NO3/c7-1-3(9)6(12)4(10)2(8)5(1)11(13)14/h12H. The zero-order chi connectivity index (χ0) is 11.0. The first-order valence-corrected chi connectivity index (χ1v) is 6.24. The Hall–Kier alpha value is 0.340. The summed E-state index contributed by atoms with van der Waals surface area (Å²) in [5.74, 6) is -0.102. The van der Waals surface area contributed by atoms with Crippen molar-refractivity contribution in [3.63, 3.8) is 0 Å². The highest BCUT2D eigenvalue weighted by Crippen LogP contribution is 2.49. The maximum Gasteiger partial charge on any atom is 0.300 e. The molecule has 1 N–H and O–H groups in total. The Balaban J connectivity index is 3.68. The third-order valence-corrected chi connectivity index (χ3v) is 5.55. The minimum atomic E-state index is -0.552. The van der Waals surface area contributed by atoms with Gasteiger partial charge in [0.15, 0.2) is 0 Å². The zero-order valence-corrected chi connectivity index (χ0v) is 12.6. The molecule has 0 atom stereocenters. The van der Waals surface area contributed by atoms with Crippen LogP contribution in [-0.4, -0.2) is 10.0 Å². The molecule has 0 aromatic heterocycles. The molecule has 0 spiro atoms. The molecule has 0 bridgehead atoms. The van der Waals surface area contributed by atoms with Crippen LogP contribution in [0.1, 0.15) is 0 Å². The molecule has 0 fully saturated rings. The second-order valence-electron chi connectivity index (χ2n) is 2.21. The molecule has 0 unspecified atom stereocenters. The number of benzene rings is 1. The van der Waals surface area contributed by atoms with E-state index < -0.39 is 4.92 Å². The number of nitrogens with zero attached hydrogens (tertiary/aromatic N) is 1. The second kappa shape index (κ2) is 4.46. The maximum absolute atomic E-state index is 10.7. The van der Waals surface area contributed by atoms with Crippen LogP contribution in [0.2, 0.25) is 0 Å². The minimum Gasteiger partial charge on any atom is -0.505 e. The molecule has 0 radical (unpaired) electrons. The van der Waals surface area contributed by atoms with Crippen molar-refractivity contribution in [1.29, 1.82) is 0 Å². The highest BCUT2D eigenvalue weighted by molar-refractivity contribution is 9.14. The van der Waals surface area contributed by atoms with Gasteiger partial charge in [-0.2, -0.15) is 0 Å². The predicted molar refractivity (Wildman–Crippen MR) is 65.6 cm³/mol. The fourth-order valence-corrected chi connectivity index (χ4v) is 3.13. The molecule has 1 aromatic rings. The van der Waals surface area contributed by atoms with Crippen LogP contribution >= 0.6 is 63.7 Å². The van der Waals surface area contributed by atoms with Crippen molar-refractivity contribution in [2.75, 3.05) is 0 Å². The molecule has 0 heterocycles. The fourth-order valence-electron chi connectivity index (χ4n) is 0.769. The quantitative estimate of drug-likeness (QED) is 0.390. The number of hydrogen-bond acceptors (Lipinski definition) is 3. The Morgan fingerprint density at radius 2 is 1.36 bits per heavy atom. The number of aromatic hydroxyl groups is 1. The van der Waals surface area contributed by atoms with Crippen LogP contribution < -0.4 is 0 Å². The van der Waals surface area contributed by atoms with Gasteiger partial charge in [0.25, 0.3) is 5.69 Å². The smallest absolute Gasteiger partial charge is 0.300 e. The first-order valence-electron chi connectivity index (χ1n) is 3.07. The highest BCUT2D eigenvalue weighted by atomic mass is 79.9. The van der Waals surface area contributed by atoms with E-state index in [1.165, 1.54) is 0 Å². The zero-order valence-electron chi connectivity index (χ0n) is 6.22. The van der Waals surface area contributed by atoms with Crippen molar-refractivity contribution in [3.05, 3.63) is 28.0 Å². The van der Waals surface area contributed by atoms with E-state index in [1.807, 2.05) is 0 Å². The summed E-state index contributed by atoms with van der Waals surface area (Å²) in [6.07, 6.45) is 0. The lowest BCUT2D eigenvalue weighted by Gasteiger charge is -2.06. The first-order chi connectivity index (χ1) is 6.37. The lowest BCUT2D eigenvalue weighted by atomic mass is 10.3. The molecule has 0 saturated heterocycles.